The Balaban J connectivity index is 2.16. The molecule has 2 aromatic carbocycles. The minimum Gasteiger partial charge on any atom is -0.392 e. The van der Waals surface area contributed by atoms with E-state index in [4.69, 9.17) is 11.6 Å². The van der Waals surface area contributed by atoms with E-state index in [1.807, 2.05) is 0 Å². The fourth-order valence-corrected chi connectivity index (χ4v) is 2.78. The van der Waals surface area contributed by atoms with Gasteiger partial charge in [0.25, 0.3) is 11.6 Å². The SMILES string of the molecule is CC(C)C(NC(=O)c1ccc([N+](=O)[O-])cc1Cl)C(=O)Nc1cccc(CO)c1. The fraction of sp³-hybridized carbons (Fsp3) is 0.263. The summed E-state index contributed by atoms with van der Waals surface area (Å²) in [5, 5.41) is 25.2. The number of rotatable bonds is 7. The maximum absolute atomic E-state index is 12.6. The second kappa shape index (κ2) is 9.29. The average molecular weight is 406 g/mol. The quantitative estimate of drug-likeness (QED) is 0.482. The minimum absolute atomic E-state index is 0.0352. The Morgan fingerprint density at radius 1 is 1.21 bits per heavy atom. The number of anilines is 1. The first kappa shape index (κ1) is 21.3. The van der Waals surface area contributed by atoms with Gasteiger partial charge >= 0.3 is 0 Å². The van der Waals surface area contributed by atoms with Gasteiger partial charge in [-0.3, -0.25) is 19.7 Å². The number of hydrogen-bond acceptors (Lipinski definition) is 5. The molecule has 0 radical (unpaired) electrons. The topological polar surface area (TPSA) is 122 Å². The van der Waals surface area contributed by atoms with E-state index in [0.29, 0.717) is 11.3 Å². The molecule has 0 aromatic heterocycles. The van der Waals surface area contributed by atoms with Gasteiger partial charge in [0.15, 0.2) is 0 Å². The number of carbonyl (C=O) groups is 2. The number of nitrogens with zero attached hydrogens (tertiary/aromatic N) is 1. The molecule has 28 heavy (non-hydrogen) atoms. The summed E-state index contributed by atoms with van der Waals surface area (Å²) in [6, 6.07) is 9.35. The van der Waals surface area contributed by atoms with Gasteiger partial charge in [-0.25, -0.2) is 0 Å². The molecule has 0 bridgehead atoms. The molecule has 3 N–H and O–H groups in total. The summed E-state index contributed by atoms with van der Waals surface area (Å²) in [4.78, 5) is 35.4. The van der Waals surface area contributed by atoms with Crippen LogP contribution in [0.3, 0.4) is 0 Å². The Labute approximate surface area is 166 Å². The lowest BCUT2D eigenvalue weighted by atomic mass is 10.0. The zero-order valence-electron chi connectivity index (χ0n) is 15.3. The molecule has 2 aromatic rings. The van der Waals surface area contributed by atoms with Gasteiger partial charge in [-0.2, -0.15) is 0 Å². The molecule has 0 aliphatic heterocycles. The first-order valence-corrected chi connectivity index (χ1v) is 8.86. The largest absolute Gasteiger partial charge is 0.392 e. The van der Waals surface area contributed by atoms with Crippen LogP contribution in [0, 0.1) is 16.0 Å². The van der Waals surface area contributed by atoms with Gasteiger partial charge in [0.2, 0.25) is 5.91 Å². The molecule has 1 unspecified atom stereocenters. The van der Waals surface area contributed by atoms with Gasteiger partial charge in [-0.1, -0.05) is 37.6 Å². The predicted octanol–water partition coefficient (Wildman–Crippen LogP) is 3.13. The molecule has 1 atom stereocenters. The number of carbonyl (C=O) groups excluding carboxylic acids is 2. The van der Waals surface area contributed by atoms with Crippen LogP contribution in [0.4, 0.5) is 11.4 Å². The van der Waals surface area contributed by atoms with Gasteiger partial charge in [-0.15, -0.1) is 0 Å². The lowest BCUT2D eigenvalue weighted by molar-refractivity contribution is -0.384. The summed E-state index contributed by atoms with van der Waals surface area (Å²) in [5.41, 5.74) is 0.932. The number of hydrogen-bond donors (Lipinski definition) is 3. The summed E-state index contributed by atoms with van der Waals surface area (Å²) in [5.74, 6) is -1.28. The molecule has 0 fully saturated rings. The van der Waals surface area contributed by atoms with Gasteiger partial charge in [0.1, 0.15) is 6.04 Å². The molecule has 148 valence electrons. The molecule has 0 saturated carbocycles. The van der Waals surface area contributed by atoms with Crippen LogP contribution in [0.5, 0.6) is 0 Å². The van der Waals surface area contributed by atoms with Crippen molar-refractivity contribution in [2.75, 3.05) is 5.32 Å². The minimum atomic E-state index is -0.864. The van der Waals surface area contributed by atoms with Crippen LogP contribution in [0.1, 0.15) is 29.8 Å². The van der Waals surface area contributed by atoms with Crippen molar-refractivity contribution in [3.8, 4) is 0 Å². The molecule has 0 aliphatic rings. The van der Waals surface area contributed by atoms with Crippen molar-refractivity contribution < 1.29 is 19.6 Å². The van der Waals surface area contributed by atoms with E-state index < -0.39 is 22.8 Å². The molecule has 0 heterocycles. The number of benzene rings is 2. The van der Waals surface area contributed by atoms with Crippen molar-refractivity contribution in [2.45, 2.75) is 26.5 Å². The highest BCUT2D eigenvalue weighted by molar-refractivity contribution is 6.34. The number of non-ortho nitro benzene ring substituents is 1. The molecule has 8 nitrogen and oxygen atoms in total. The third kappa shape index (κ3) is 5.28. The van der Waals surface area contributed by atoms with Gasteiger partial charge < -0.3 is 15.7 Å². The van der Waals surface area contributed by atoms with Crippen LogP contribution in [0.15, 0.2) is 42.5 Å². The summed E-state index contributed by atoms with van der Waals surface area (Å²) in [6.45, 7) is 3.38. The van der Waals surface area contributed by atoms with E-state index in [1.54, 1.807) is 38.1 Å². The molecule has 2 amide bonds. The Morgan fingerprint density at radius 2 is 1.93 bits per heavy atom. The molecule has 9 heteroatoms. The molecular weight excluding hydrogens is 386 g/mol. The molecular formula is C19H20ClN3O5. The molecule has 0 saturated heterocycles. The summed E-state index contributed by atoms with van der Waals surface area (Å²) >= 11 is 5.98. The van der Waals surface area contributed by atoms with Crippen LogP contribution in [0.25, 0.3) is 0 Å². The number of halogens is 1. The second-order valence-electron chi connectivity index (χ2n) is 6.46. The highest BCUT2D eigenvalue weighted by Gasteiger charge is 2.26. The fourth-order valence-electron chi connectivity index (χ4n) is 2.52. The van der Waals surface area contributed by atoms with Gasteiger partial charge in [0, 0.05) is 17.8 Å². The zero-order chi connectivity index (χ0) is 20.8. The van der Waals surface area contributed by atoms with E-state index in [0.717, 1.165) is 6.07 Å². The number of nitro benzene ring substituents is 1. The van der Waals surface area contributed by atoms with Crippen LogP contribution >= 0.6 is 11.6 Å². The smallest absolute Gasteiger partial charge is 0.270 e. The molecule has 0 aliphatic carbocycles. The highest BCUT2D eigenvalue weighted by Crippen LogP contribution is 2.23. The summed E-state index contributed by atoms with van der Waals surface area (Å²) < 4.78 is 0. The van der Waals surface area contributed by atoms with Crippen molar-refractivity contribution in [1.29, 1.82) is 0 Å². The molecule has 0 spiro atoms. The number of aliphatic hydroxyl groups excluding tert-OH is 1. The number of nitro groups is 1. The van der Waals surface area contributed by atoms with Crippen molar-refractivity contribution in [2.24, 2.45) is 5.92 Å². The monoisotopic (exact) mass is 405 g/mol. The van der Waals surface area contributed by atoms with Crippen molar-refractivity contribution in [1.82, 2.24) is 5.32 Å². The first-order chi connectivity index (χ1) is 13.2. The number of amides is 2. The first-order valence-electron chi connectivity index (χ1n) is 8.48. The Kier molecular flexibility index (Phi) is 7.08. The van der Waals surface area contributed by atoms with Gasteiger partial charge in [0.05, 0.1) is 22.1 Å². The lowest BCUT2D eigenvalue weighted by Crippen LogP contribution is -2.47. The number of aliphatic hydroxyl groups is 1. The van der Waals surface area contributed by atoms with Crippen LogP contribution in [-0.2, 0) is 11.4 Å². The zero-order valence-corrected chi connectivity index (χ0v) is 16.1. The third-order valence-electron chi connectivity index (χ3n) is 4.02. The Hall–Kier alpha value is -2.97. The van der Waals surface area contributed by atoms with Crippen molar-refractivity contribution in [3.05, 3.63) is 68.7 Å². The van der Waals surface area contributed by atoms with Crippen LogP contribution in [-0.4, -0.2) is 27.9 Å². The normalized spacial score (nSPS) is 11.8. The maximum Gasteiger partial charge on any atom is 0.270 e. The lowest BCUT2D eigenvalue weighted by Gasteiger charge is -2.22. The third-order valence-corrected chi connectivity index (χ3v) is 4.33. The standard InChI is InChI=1S/C19H20ClN3O5/c1-11(2)17(19(26)21-13-5-3-4-12(8-13)10-24)22-18(25)15-7-6-14(23(27)28)9-16(15)20/h3-9,11,17,24H,10H2,1-2H3,(H,21,26)(H,22,25). The van der Waals surface area contributed by atoms with Crippen LogP contribution in [0.2, 0.25) is 5.02 Å². The Bertz CT molecular complexity index is 901. The van der Waals surface area contributed by atoms with Gasteiger partial charge in [-0.05, 0) is 29.7 Å². The van der Waals surface area contributed by atoms with Crippen molar-refractivity contribution >= 4 is 34.8 Å². The van der Waals surface area contributed by atoms with E-state index in [9.17, 15) is 24.8 Å². The second-order valence-corrected chi connectivity index (χ2v) is 6.87. The van der Waals surface area contributed by atoms with E-state index in [1.165, 1.54) is 12.1 Å². The predicted molar refractivity (Wildman–Crippen MR) is 105 cm³/mol. The van der Waals surface area contributed by atoms with E-state index in [2.05, 4.69) is 10.6 Å². The average Bonchev–Trinajstić information content (AvgIpc) is 2.65. The van der Waals surface area contributed by atoms with Crippen LogP contribution < -0.4 is 10.6 Å². The highest BCUT2D eigenvalue weighted by atomic mass is 35.5. The number of nitrogens with one attached hydrogen (secondary N) is 2. The Morgan fingerprint density at radius 3 is 2.50 bits per heavy atom. The van der Waals surface area contributed by atoms with E-state index in [-0.39, 0.29) is 28.8 Å². The van der Waals surface area contributed by atoms with Crippen molar-refractivity contribution in [3.63, 3.8) is 0 Å². The van der Waals surface area contributed by atoms with E-state index >= 15 is 0 Å². The molecule has 2 rings (SSSR count). The summed E-state index contributed by atoms with van der Waals surface area (Å²) in [6.07, 6.45) is 0. The summed E-state index contributed by atoms with van der Waals surface area (Å²) in [7, 11) is 0. The maximum atomic E-state index is 12.6.